The van der Waals surface area contributed by atoms with Crippen LogP contribution in [-0.2, 0) is 23.1 Å². The Morgan fingerprint density at radius 3 is 2.68 bits per heavy atom. The lowest BCUT2D eigenvalue weighted by atomic mass is 10.1. The minimum atomic E-state index is -4.81. The number of carbonyl (C=O) groups is 2. The molecule has 0 bridgehead atoms. The van der Waals surface area contributed by atoms with Crippen LogP contribution in [0, 0.1) is 0 Å². The molecule has 0 aliphatic carbocycles. The number of hydrogen-bond donors (Lipinski definition) is 1. The van der Waals surface area contributed by atoms with Crippen LogP contribution in [-0.4, -0.2) is 61.4 Å². The Hall–Kier alpha value is -4.60. The first-order valence-corrected chi connectivity index (χ1v) is 13.2. The second kappa shape index (κ2) is 11.5. The summed E-state index contributed by atoms with van der Waals surface area (Å²) in [6, 6.07) is 8.56. The Bertz CT molecular complexity index is 1540. The van der Waals surface area contributed by atoms with E-state index in [1.807, 2.05) is 4.90 Å². The Kier molecular flexibility index (Phi) is 7.83. The van der Waals surface area contributed by atoms with Crippen molar-refractivity contribution in [1.82, 2.24) is 30.2 Å². The zero-order chi connectivity index (χ0) is 29.1. The highest BCUT2D eigenvalue weighted by Crippen LogP contribution is 2.36. The third-order valence-electron chi connectivity index (χ3n) is 6.16. The molecule has 214 valence electrons. The molecule has 2 amide bonds. The predicted octanol–water partition coefficient (Wildman–Crippen LogP) is 3.82. The lowest BCUT2D eigenvalue weighted by Crippen LogP contribution is -2.22. The lowest BCUT2D eigenvalue weighted by molar-refractivity contribution is -0.274. The summed E-state index contributed by atoms with van der Waals surface area (Å²) in [5.74, 6) is -0.137. The van der Waals surface area contributed by atoms with Gasteiger partial charge in [-0.2, -0.15) is 5.10 Å². The minimum absolute atomic E-state index is 0.0854. The van der Waals surface area contributed by atoms with Crippen molar-refractivity contribution in [3.05, 3.63) is 59.4 Å². The van der Waals surface area contributed by atoms with Gasteiger partial charge in [-0.1, -0.05) is 23.5 Å². The van der Waals surface area contributed by atoms with Crippen LogP contribution in [0.4, 0.5) is 35.6 Å². The van der Waals surface area contributed by atoms with Crippen LogP contribution < -0.4 is 19.9 Å². The van der Waals surface area contributed by atoms with E-state index in [-0.39, 0.29) is 24.1 Å². The first-order chi connectivity index (χ1) is 19.5. The maximum Gasteiger partial charge on any atom is 0.573 e. The van der Waals surface area contributed by atoms with Crippen molar-refractivity contribution in [1.29, 1.82) is 0 Å². The number of rotatable bonds is 8. The van der Waals surface area contributed by atoms with Crippen LogP contribution in [0.25, 0.3) is 0 Å². The number of halogens is 3. The van der Waals surface area contributed by atoms with E-state index in [1.54, 1.807) is 36.3 Å². The highest BCUT2D eigenvalue weighted by molar-refractivity contribution is 7.15. The van der Waals surface area contributed by atoms with Gasteiger partial charge in [-0.3, -0.25) is 19.2 Å². The number of aryl methyl sites for hydroxylation is 1. The van der Waals surface area contributed by atoms with Crippen molar-refractivity contribution in [2.75, 3.05) is 28.2 Å². The summed E-state index contributed by atoms with van der Waals surface area (Å²) in [7, 11) is 1.77. The van der Waals surface area contributed by atoms with Crippen LogP contribution in [0.1, 0.15) is 29.8 Å². The van der Waals surface area contributed by atoms with Crippen molar-refractivity contribution in [3.8, 4) is 5.75 Å². The number of carbonyl (C=O) groups excluding carboxylic acids is 2. The summed E-state index contributed by atoms with van der Waals surface area (Å²) in [6.45, 7) is 2.79. The Morgan fingerprint density at radius 2 is 2.00 bits per heavy atom. The van der Waals surface area contributed by atoms with Crippen LogP contribution in [0.2, 0.25) is 0 Å². The number of nitrogens with zero attached hydrogens (tertiary/aromatic N) is 8. The fourth-order valence-corrected chi connectivity index (χ4v) is 5.42. The zero-order valence-corrected chi connectivity index (χ0v) is 22.7. The summed E-state index contributed by atoms with van der Waals surface area (Å²) >= 11 is 1.35. The van der Waals surface area contributed by atoms with Gasteiger partial charge in [0.2, 0.25) is 16.9 Å². The van der Waals surface area contributed by atoms with Crippen molar-refractivity contribution in [2.45, 2.75) is 32.0 Å². The fraction of sp³-hybridized carbons (Fsp3) is 0.320. The summed E-state index contributed by atoms with van der Waals surface area (Å²) in [4.78, 5) is 28.2. The maximum atomic E-state index is 12.5. The number of anilines is 4. The summed E-state index contributed by atoms with van der Waals surface area (Å²) in [6.07, 6.45) is -0.854. The monoisotopic (exact) mass is 587 g/mol. The first kappa shape index (κ1) is 27.9. The van der Waals surface area contributed by atoms with Crippen molar-refractivity contribution in [2.24, 2.45) is 7.05 Å². The molecule has 12 nitrogen and oxygen atoms in total. The summed E-state index contributed by atoms with van der Waals surface area (Å²) < 4.78 is 42.9. The minimum Gasteiger partial charge on any atom is -0.406 e. The van der Waals surface area contributed by atoms with Gasteiger partial charge < -0.3 is 15.0 Å². The van der Waals surface area contributed by atoms with Gasteiger partial charge in [-0.05, 0) is 36.2 Å². The number of amides is 2. The number of benzene rings is 1. The SMILES string of the molecule is CC(=O)N(c1cnn(C)c1)c1nnc(C2CCN(c3ccc(NC(=O)Cc4cccc(OC(F)(F)F)c4)nn3)C2)s1. The molecule has 0 spiro atoms. The van der Waals surface area contributed by atoms with E-state index in [4.69, 9.17) is 0 Å². The first-order valence-electron chi connectivity index (χ1n) is 12.4. The molecule has 1 aliphatic rings. The Labute approximate surface area is 235 Å². The largest absolute Gasteiger partial charge is 0.573 e. The molecule has 1 N–H and O–H groups in total. The van der Waals surface area contributed by atoms with Gasteiger partial charge in [-0.25, -0.2) is 0 Å². The fourth-order valence-electron chi connectivity index (χ4n) is 4.39. The van der Waals surface area contributed by atoms with Crippen LogP contribution in [0.15, 0.2) is 48.8 Å². The molecule has 1 fully saturated rings. The molecule has 5 rings (SSSR count). The number of ether oxygens (including phenoxy) is 1. The lowest BCUT2D eigenvalue weighted by Gasteiger charge is -2.16. The van der Waals surface area contributed by atoms with Crippen molar-refractivity contribution >= 4 is 45.6 Å². The van der Waals surface area contributed by atoms with Crippen LogP contribution in [0.5, 0.6) is 5.75 Å². The van der Waals surface area contributed by atoms with E-state index >= 15 is 0 Å². The van der Waals surface area contributed by atoms with E-state index in [0.717, 1.165) is 23.6 Å². The van der Waals surface area contributed by atoms with Gasteiger partial charge in [0, 0.05) is 39.2 Å². The Balaban J connectivity index is 1.17. The summed E-state index contributed by atoms with van der Waals surface area (Å²) in [5, 5.41) is 24.9. The molecule has 1 aromatic carbocycles. The van der Waals surface area contributed by atoms with Gasteiger partial charge in [0.25, 0.3) is 0 Å². The average molecular weight is 588 g/mol. The Morgan fingerprint density at radius 1 is 1.17 bits per heavy atom. The third-order valence-corrected chi connectivity index (χ3v) is 7.23. The van der Waals surface area contributed by atoms with Crippen LogP contribution >= 0.6 is 11.3 Å². The number of alkyl halides is 3. The van der Waals surface area contributed by atoms with E-state index in [0.29, 0.717) is 35.3 Å². The standard InChI is InChI=1S/C25H24F3N9O3S/c1-15(38)37(18-12-29-35(2)14-18)24-34-33-23(41-24)17-8-9-36(13-17)21-7-6-20(31-32-21)30-22(39)11-16-4-3-5-19(10-16)40-25(26,27)28/h3-7,10,12,14,17H,8-9,11,13H2,1-2H3,(H,30,31,39). The maximum absolute atomic E-state index is 12.5. The quantitative estimate of drug-likeness (QED) is 0.327. The number of hydrogen-bond acceptors (Lipinski definition) is 10. The van der Waals surface area contributed by atoms with E-state index < -0.39 is 18.0 Å². The van der Waals surface area contributed by atoms with Gasteiger partial charge in [0.1, 0.15) is 10.8 Å². The molecule has 4 aromatic rings. The van der Waals surface area contributed by atoms with Crippen molar-refractivity contribution < 1.29 is 27.5 Å². The molecule has 1 aliphatic heterocycles. The normalized spacial score (nSPS) is 15.1. The molecule has 4 heterocycles. The molecular formula is C25H24F3N9O3S. The predicted molar refractivity (Wildman–Crippen MR) is 143 cm³/mol. The van der Waals surface area contributed by atoms with E-state index in [1.165, 1.54) is 35.3 Å². The van der Waals surface area contributed by atoms with Gasteiger partial charge in [-0.15, -0.1) is 33.6 Å². The van der Waals surface area contributed by atoms with Gasteiger partial charge in [0.05, 0.1) is 18.3 Å². The van der Waals surface area contributed by atoms with Gasteiger partial charge in [0.15, 0.2) is 11.6 Å². The molecular weight excluding hydrogens is 563 g/mol. The molecule has 3 aromatic heterocycles. The van der Waals surface area contributed by atoms with Crippen molar-refractivity contribution in [3.63, 3.8) is 0 Å². The third kappa shape index (κ3) is 6.95. The molecule has 0 radical (unpaired) electrons. The van der Waals surface area contributed by atoms with E-state index in [9.17, 15) is 22.8 Å². The molecule has 1 unspecified atom stereocenters. The molecule has 1 atom stereocenters. The molecule has 41 heavy (non-hydrogen) atoms. The highest BCUT2D eigenvalue weighted by Gasteiger charge is 2.31. The molecule has 16 heteroatoms. The highest BCUT2D eigenvalue weighted by atomic mass is 32.1. The average Bonchev–Trinajstić information content (AvgIpc) is 3.65. The molecule has 1 saturated heterocycles. The second-order valence-electron chi connectivity index (χ2n) is 9.28. The summed E-state index contributed by atoms with van der Waals surface area (Å²) in [5.41, 5.74) is 0.964. The number of nitrogens with one attached hydrogen (secondary N) is 1. The smallest absolute Gasteiger partial charge is 0.406 e. The zero-order valence-electron chi connectivity index (χ0n) is 21.9. The number of aromatic nitrogens is 6. The van der Waals surface area contributed by atoms with E-state index in [2.05, 4.69) is 35.5 Å². The van der Waals surface area contributed by atoms with Crippen LogP contribution in [0.3, 0.4) is 0 Å². The second-order valence-corrected chi connectivity index (χ2v) is 10.3. The molecule has 0 saturated carbocycles. The topological polar surface area (TPSA) is 131 Å². The van der Waals surface area contributed by atoms with Gasteiger partial charge >= 0.3 is 6.36 Å².